The second kappa shape index (κ2) is 15.9. The van der Waals surface area contributed by atoms with Gasteiger partial charge in [0.25, 0.3) is 0 Å². The maximum atomic E-state index is 14.0. The molecule has 2 N–H and O–H groups in total. The largest absolute Gasteiger partial charge is 0.390 e. The van der Waals surface area contributed by atoms with E-state index in [0.29, 0.717) is 19.6 Å². The Morgan fingerprint density at radius 1 is 1.13 bits per heavy atom. The molecule has 0 aliphatic carbocycles. The molecule has 0 radical (unpaired) electrons. The molecule has 1 unspecified atom stereocenters. The number of carbonyl (C=O) groups excluding carboxylic acids is 2. The summed E-state index contributed by atoms with van der Waals surface area (Å²) in [7, 11) is -4.20. The van der Waals surface area contributed by atoms with Crippen molar-refractivity contribution >= 4 is 44.9 Å². The fourth-order valence-corrected chi connectivity index (χ4v) is 8.20. The number of aromatic nitrogens is 1. The summed E-state index contributed by atoms with van der Waals surface area (Å²) in [6, 6.07) is 10.4. The van der Waals surface area contributed by atoms with E-state index in [9.17, 15) is 27.5 Å². The van der Waals surface area contributed by atoms with Crippen LogP contribution in [0.4, 0.5) is 9.18 Å². The number of rotatable bonds is 15. The van der Waals surface area contributed by atoms with Crippen molar-refractivity contribution in [2.24, 2.45) is 11.8 Å². The Morgan fingerprint density at radius 3 is 2.43 bits per heavy atom. The lowest BCUT2D eigenvalue weighted by Crippen LogP contribution is -2.57. The number of aliphatic hydroxyl groups is 1. The molecule has 3 atom stereocenters. The van der Waals surface area contributed by atoms with Crippen LogP contribution in [0.1, 0.15) is 44.0 Å². The van der Waals surface area contributed by atoms with Gasteiger partial charge in [0.15, 0.2) is 0 Å². The second-order valence-electron chi connectivity index (χ2n) is 12.6. The summed E-state index contributed by atoms with van der Waals surface area (Å²) >= 11 is 7.43. The van der Waals surface area contributed by atoms with Crippen molar-refractivity contribution in [1.82, 2.24) is 24.4 Å². The van der Waals surface area contributed by atoms with Crippen molar-refractivity contribution in [3.8, 4) is 0 Å². The summed E-state index contributed by atoms with van der Waals surface area (Å²) in [5.74, 6) is -1.55. The molecule has 3 amide bonds. The first kappa shape index (κ1) is 36.7. The van der Waals surface area contributed by atoms with Crippen LogP contribution in [-0.4, -0.2) is 88.9 Å². The van der Waals surface area contributed by atoms with Crippen LogP contribution < -0.4 is 5.32 Å². The molecule has 14 heteroatoms. The summed E-state index contributed by atoms with van der Waals surface area (Å²) in [6.45, 7) is 10.2. The Bertz CT molecular complexity index is 1640. The minimum absolute atomic E-state index is 0.0611. The summed E-state index contributed by atoms with van der Waals surface area (Å²) in [5, 5.41) is 17.1. The topological polar surface area (TPSA) is 123 Å². The first-order chi connectivity index (χ1) is 22.2. The first-order valence-corrected chi connectivity index (χ1v) is 18.3. The van der Waals surface area contributed by atoms with E-state index in [1.807, 2.05) is 70.3 Å². The zero-order valence-corrected chi connectivity index (χ0v) is 29.7. The number of nitrogens with zero attached hydrogens (tertiary/aromatic N) is 4. The van der Waals surface area contributed by atoms with E-state index in [0.717, 1.165) is 38.8 Å². The fraction of sp³-hybridized carbons (Fsp3) is 0.485. The summed E-state index contributed by atoms with van der Waals surface area (Å²) in [6.07, 6.45) is -1.13. The number of amides is 3. The number of benzene rings is 2. The van der Waals surface area contributed by atoms with Crippen LogP contribution in [0.15, 0.2) is 58.8 Å². The Hall–Kier alpha value is -3.10. The molecule has 256 valence electrons. The molecule has 1 saturated heterocycles. The summed E-state index contributed by atoms with van der Waals surface area (Å²) in [4.78, 5) is 35.0. The first-order valence-electron chi connectivity index (χ1n) is 15.6. The van der Waals surface area contributed by atoms with Crippen LogP contribution in [0.3, 0.4) is 0 Å². The minimum atomic E-state index is -4.20. The van der Waals surface area contributed by atoms with Gasteiger partial charge in [-0.1, -0.05) is 69.6 Å². The van der Waals surface area contributed by atoms with Gasteiger partial charge in [0.05, 0.1) is 39.3 Å². The molecule has 1 aromatic heterocycles. The van der Waals surface area contributed by atoms with Gasteiger partial charge in [-0.3, -0.25) is 4.79 Å². The van der Waals surface area contributed by atoms with Crippen LogP contribution in [0, 0.1) is 24.6 Å². The third kappa shape index (κ3) is 9.29. The van der Waals surface area contributed by atoms with Gasteiger partial charge in [0.2, 0.25) is 15.9 Å². The number of sulfonamides is 1. The van der Waals surface area contributed by atoms with Gasteiger partial charge < -0.3 is 20.2 Å². The quantitative estimate of drug-likeness (QED) is 0.231. The number of aliphatic hydroxyl groups excluding tert-OH is 1. The molecule has 2 heterocycles. The fourth-order valence-electron chi connectivity index (χ4n) is 5.71. The summed E-state index contributed by atoms with van der Waals surface area (Å²) in [5.41, 5.74) is 1.62. The molecule has 2 aromatic carbocycles. The minimum Gasteiger partial charge on any atom is -0.390 e. The smallest absolute Gasteiger partial charge is 0.321 e. The molecule has 0 spiro atoms. The molecule has 47 heavy (non-hydrogen) atoms. The van der Waals surface area contributed by atoms with E-state index in [2.05, 4.69) is 10.3 Å². The van der Waals surface area contributed by atoms with E-state index < -0.39 is 39.9 Å². The molecule has 1 aliphatic rings. The van der Waals surface area contributed by atoms with Crippen molar-refractivity contribution in [3.63, 3.8) is 0 Å². The van der Waals surface area contributed by atoms with Crippen molar-refractivity contribution < 1.29 is 27.5 Å². The lowest BCUT2D eigenvalue weighted by Gasteiger charge is -2.34. The monoisotopic (exact) mass is 707 g/mol. The zero-order valence-electron chi connectivity index (χ0n) is 27.3. The number of halogens is 2. The van der Waals surface area contributed by atoms with E-state index in [1.54, 1.807) is 9.80 Å². The maximum absolute atomic E-state index is 14.0. The zero-order chi connectivity index (χ0) is 34.5. The van der Waals surface area contributed by atoms with Gasteiger partial charge in [-0.15, -0.1) is 11.3 Å². The van der Waals surface area contributed by atoms with Gasteiger partial charge in [0.1, 0.15) is 11.9 Å². The molecular formula is C33H43ClFN5O5S2. The van der Waals surface area contributed by atoms with E-state index in [4.69, 9.17) is 11.6 Å². The molecular weight excluding hydrogens is 665 g/mol. The highest BCUT2D eigenvalue weighted by Crippen LogP contribution is 2.25. The van der Waals surface area contributed by atoms with Crippen molar-refractivity contribution in [3.05, 3.63) is 81.0 Å². The van der Waals surface area contributed by atoms with Gasteiger partial charge in [0, 0.05) is 31.6 Å². The predicted molar refractivity (Wildman–Crippen MR) is 181 cm³/mol. The van der Waals surface area contributed by atoms with Crippen molar-refractivity contribution in [1.29, 1.82) is 0 Å². The average Bonchev–Trinajstić information content (AvgIpc) is 3.58. The third-order valence-corrected chi connectivity index (χ3v) is 10.9. The maximum Gasteiger partial charge on any atom is 0.321 e. The third-order valence-electron chi connectivity index (χ3n) is 7.96. The number of urea groups is 1. The summed E-state index contributed by atoms with van der Waals surface area (Å²) < 4.78 is 42.5. The van der Waals surface area contributed by atoms with Crippen LogP contribution in [0.25, 0.3) is 0 Å². The Morgan fingerprint density at radius 2 is 1.83 bits per heavy atom. The molecule has 1 aliphatic heterocycles. The number of hydrogen-bond acceptors (Lipinski definition) is 7. The van der Waals surface area contributed by atoms with Gasteiger partial charge in [-0.25, -0.2) is 22.6 Å². The van der Waals surface area contributed by atoms with Gasteiger partial charge in [-0.05, 0) is 48.9 Å². The molecule has 0 bridgehead atoms. The molecule has 0 saturated carbocycles. The SMILES string of the molecule is Cc1nc(CN2CCN(C(C(=O)N[C@@H](Cc3ccccc3)[C@H](O)CN(CC(C)C)S(=O)(=O)c3ccc(F)c(Cl)c3)C(C)C)C2=O)cs1. The van der Waals surface area contributed by atoms with Crippen LogP contribution in [0.2, 0.25) is 5.02 Å². The van der Waals surface area contributed by atoms with Gasteiger partial charge >= 0.3 is 6.03 Å². The van der Waals surface area contributed by atoms with Gasteiger partial charge in [-0.2, -0.15) is 4.31 Å². The number of carbonyl (C=O) groups is 2. The number of aryl methyl sites for hydroxylation is 1. The highest BCUT2D eigenvalue weighted by molar-refractivity contribution is 7.89. The Kier molecular flexibility index (Phi) is 12.4. The normalized spacial score (nSPS) is 15.9. The second-order valence-corrected chi connectivity index (χ2v) is 16.0. The molecule has 1 fully saturated rings. The molecule has 4 rings (SSSR count). The Balaban J connectivity index is 1.58. The lowest BCUT2D eigenvalue weighted by molar-refractivity contribution is -0.128. The predicted octanol–water partition coefficient (Wildman–Crippen LogP) is 4.94. The standard InChI is InChI=1S/C33H43ClFN5O5S2/c1-21(2)17-39(47(44,45)26-11-12-28(35)27(34)16-26)19-30(41)29(15-24-9-7-6-8-10-24)37-32(42)31(22(3)4)40-14-13-38(33(40)43)18-25-20-46-23(5)36-25/h6-12,16,20-22,29-31,41H,13-15,17-19H2,1-5H3,(H,37,42)/t29-,30+,31?/m0/s1. The molecule has 3 aromatic rings. The van der Waals surface area contributed by atoms with E-state index in [-0.39, 0.29) is 47.3 Å². The lowest BCUT2D eigenvalue weighted by atomic mass is 9.97. The van der Waals surface area contributed by atoms with Crippen LogP contribution in [-0.2, 0) is 27.8 Å². The van der Waals surface area contributed by atoms with Crippen LogP contribution in [0.5, 0.6) is 0 Å². The average molecular weight is 708 g/mol. The highest BCUT2D eigenvalue weighted by atomic mass is 35.5. The number of hydrogen-bond donors (Lipinski definition) is 2. The van der Waals surface area contributed by atoms with Crippen molar-refractivity contribution in [2.75, 3.05) is 26.2 Å². The highest BCUT2D eigenvalue weighted by Gasteiger charge is 2.40. The molecule has 10 nitrogen and oxygen atoms in total. The van der Waals surface area contributed by atoms with E-state index in [1.165, 1.54) is 11.3 Å². The van der Waals surface area contributed by atoms with Crippen LogP contribution >= 0.6 is 22.9 Å². The van der Waals surface area contributed by atoms with Crippen molar-refractivity contribution in [2.45, 2.75) is 70.7 Å². The van der Waals surface area contributed by atoms with E-state index >= 15 is 0 Å². The Labute approximate surface area is 285 Å². The number of nitrogens with one attached hydrogen (secondary N) is 1. The number of thiazole rings is 1.